The van der Waals surface area contributed by atoms with Crippen LogP contribution in [0.3, 0.4) is 0 Å². The maximum absolute atomic E-state index is 12.0. The number of nitrogens with one attached hydrogen (secondary N) is 1. The Hall–Kier alpha value is -2.80. The summed E-state index contributed by atoms with van der Waals surface area (Å²) in [5, 5.41) is 3.14. The first kappa shape index (κ1) is 18.0. The number of nitrogens with zero attached hydrogens (tertiary/aromatic N) is 3. The zero-order valence-electron chi connectivity index (χ0n) is 15.1. The fraction of sp³-hybridized carbons (Fsp3) is 0.263. The Morgan fingerprint density at radius 3 is 2.54 bits per heavy atom. The Bertz CT molecular complexity index is 917. The molecule has 1 N–H and O–H groups in total. The van der Waals surface area contributed by atoms with E-state index in [9.17, 15) is 4.79 Å². The minimum atomic E-state index is -0.574. The van der Waals surface area contributed by atoms with Gasteiger partial charge in [-0.1, -0.05) is 50.3 Å². The van der Waals surface area contributed by atoms with Crippen molar-refractivity contribution in [3.05, 3.63) is 54.1 Å². The molecule has 0 bridgehead atoms. The predicted molar refractivity (Wildman–Crippen MR) is 103 cm³/mol. The van der Waals surface area contributed by atoms with E-state index in [-0.39, 0.29) is 5.41 Å². The van der Waals surface area contributed by atoms with Crippen LogP contribution >= 0.6 is 11.3 Å². The molecule has 6 nitrogen and oxygen atoms in total. The standard InChI is InChI=1S/C19H20N4O2S/c1-12-15(14-10-11-20-16(22-14)19(2,3)4)26-17(21-12)23-18(24)25-13-8-6-5-7-9-13/h5-11H,1-4H3,(H,21,23,24). The van der Waals surface area contributed by atoms with E-state index in [1.807, 2.05) is 19.1 Å². The van der Waals surface area contributed by atoms with E-state index in [1.165, 1.54) is 11.3 Å². The summed E-state index contributed by atoms with van der Waals surface area (Å²) in [6.07, 6.45) is 1.17. The number of rotatable bonds is 3. The average Bonchev–Trinajstić information content (AvgIpc) is 2.95. The summed E-state index contributed by atoms with van der Waals surface area (Å²) >= 11 is 1.36. The van der Waals surface area contributed by atoms with Crippen LogP contribution in [0.5, 0.6) is 5.75 Å². The summed E-state index contributed by atoms with van der Waals surface area (Å²) in [6, 6.07) is 10.7. The van der Waals surface area contributed by atoms with Crippen LogP contribution in [0.25, 0.3) is 10.6 Å². The lowest BCUT2D eigenvalue weighted by atomic mass is 9.95. The molecular weight excluding hydrogens is 348 g/mol. The molecule has 26 heavy (non-hydrogen) atoms. The third-order valence-corrected chi connectivity index (χ3v) is 4.61. The van der Waals surface area contributed by atoms with Gasteiger partial charge >= 0.3 is 6.09 Å². The number of thiazole rings is 1. The van der Waals surface area contributed by atoms with Gasteiger partial charge < -0.3 is 4.74 Å². The Morgan fingerprint density at radius 2 is 1.85 bits per heavy atom. The van der Waals surface area contributed by atoms with Gasteiger partial charge in [0.05, 0.1) is 16.3 Å². The van der Waals surface area contributed by atoms with Crippen LogP contribution in [0.4, 0.5) is 9.93 Å². The van der Waals surface area contributed by atoms with Crippen LogP contribution in [0.1, 0.15) is 32.3 Å². The lowest BCUT2D eigenvalue weighted by Gasteiger charge is -2.16. The Labute approximate surface area is 156 Å². The SMILES string of the molecule is Cc1nc(NC(=O)Oc2ccccc2)sc1-c1ccnc(C(C)(C)C)n1. The Kier molecular flexibility index (Phi) is 4.99. The number of carbonyl (C=O) groups is 1. The molecule has 0 fully saturated rings. The van der Waals surface area contributed by atoms with Gasteiger partial charge in [-0.2, -0.15) is 0 Å². The highest BCUT2D eigenvalue weighted by molar-refractivity contribution is 7.19. The van der Waals surface area contributed by atoms with Crippen LogP contribution in [0.15, 0.2) is 42.6 Å². The number of ether oxygens (including phenoxy) is 1. The topological polar surface area (TPSA) is 77.0 Å². The number of para-hydroxylation sites is 1. The van der Waals surface area contributed by atoms with Crippen LogP contribution < -0.4 is 10.1 Å². The van der Waals surface area contributed by atoms with Crippen LogP contribution in [-0.4, -0.2) is 21.0 Å². The molecule has 0 aliphatic heterocycles. The molecular formula is C19H20N4O2S. The summed E-state index contributed by atoms with van der Waals surface area (Å²) in [4.78, 5) is 26.3. The molecule has 0 atom stereocenters. The summed E-state index contributed by atoms with van der Waals surface area (Å²) in [7, 11) is 0. The number of anilines is 1. The highest BCUT2D eigenvalue weighted by atomic mass is 32.1. The number of amides is 1. The third-order valence-electron chi connectivity index (χ3n) is 3.52. The molecule has 0 saturated carbocycles. The van der Waals surface area contributed by atoms with Crippen molar-refractivity contribution in [2.24, 2.45) is 0 Å². The van der Waals surface area contributed by atoms with Crippen molar-refractivity contribution in [2.45, 2.75) is 33.1 Å². The number of hydrogen-bond donors (Lipinski definition) is 1. The lowest BCUT2D eigenvalue weighted by Crippen LogP contribution is -2.16. The predicted octanol–water partition coefficient (Wildman–Crippen LogP) is 4.82. The first-order valence-electron chi connectivity index (χ1n) is 8.18. The second-order valence-electron chi connectivity index (χ2n) is 6.78. The van der Waals surface area contributed by atoms with Crippen molar-refractivity contribution in [3.8, 4) is 16.3 Å². The van der Waals surface area contributed by atoms with Gasteiger partial charge in [-0.3, -0.25) is 5.32 Å². The molecule has 2 aromatic heterocycles. The van der Waals surface area contributed by atoms with E-state index in [4.69, 9.17) is 4.74 Å². The molecule has 2 heterocycles. The highest BCUT2D eigenvalue weighted by Gasteiger charge is 2.20. The average molecular weight is 368 g/mol. The molecule has 1 aromatic carbocycles. The van der Waals surface area contributed by atoms with E-state index in [2.05, 4.69) is 41.0 Å². The largest absolute Gasteiger partial charge is 0.418 e. The van der Waals surface area contributed by atoms with Gasteiger partial charge in [0, 0.05) is 11.6 Å². The van der Waals surface area contributed by atoms with Crippen LogP contribution in [-0.2, 0) is 5.41 Å². The summed E-state index contributed by atoms with van der Waals surface area (Å²) < 4.78 is 5.23. The molecule has 0 aliphatic carbocycles. The monoisotopic (exact) mass is 368 g/mol. The normalized spacial score (nSPS) is 11.2. The van der Waals surface area contributed by atoms with Crippen molar-refractivity contribution < 1.29 is 9.53 Å². The van der Waals surface area contributed by atoms with Gasteiger partial charge in [0.15, 0.2) is 5.13 Å². The Morgan fingerprint density at radius 1 is 1.12 bits per heavy atom. The van der Waals surface area contributed by atoms with Crippen LogP contribution in [0, 0.1) is 6.92 Å². The molecule has 0 aliphatic rings. The molecule has 1 amide bonds. The molecule has 134 valence electrons. The van der Waals surface area contributed by atoms with Crippen molar-refractivity contribution in [3.63, 3.8) is 0 Å². The number of benzene rings is 1. The van der Waals surface area contributed by atoms with Gasteiger partial charge in [-0.15, -0.1) is 0 Å². The second kappa shape index (κ2) is 7.21. The molecule has 7 heteroatoms. The van der Waals surface area contributed by atoms with E-state index >= 15 is 0 Å². The second-order valence-corrected chi connectivity index (χ2v) is 7.78. The molecule has 3 aromatic rings. The molecule has 3 rings (SSSR count). The van der Waals surface area contributed by atoms with Crippen molar-refractivity contribution in [1.29, 1.82) is 0 Å². The van der Waals surface area contributed by atoms with Gasteiger partial charge in [-0.05, 0) is 25.1 Å². The Balaban J connectivity index is 1.78. The van der Waals surface area contributed by atoms with E-state index in [0.29, 0.717) is 10.9 Å². The van der Waals surface area contributed by atoms with Crippen LogP contribution in [0.2, 0.25) is 0 Å². The number of carbonyl (C=O) groups excluding carboxylic acids is 1. The van der Waals surface area contributed by atoms with E-state index < -0.39 is 6.09 Å². The minimum Gasteiger partial charge on any atom is -0.410 e. The fourth-order valence-corrected chi connectivity index (χ4v) is 3.16. The quantitative estimate of drug-likeness (QED) is 0.717. The summed E-state index contributed by atoms with van der Waals surface area (Å²) in [5.74, 6) is 1.24. The molecule has 0 radical (unpaired) electrons. The fourth-order valence-electron chi connectivity index (χ4n) is 2.24. The number of aromatic nitrogens is 3. The number of hydrogen-bond acceptors (Lipinski definition) is 6. The van der Waals surface area contributed by atoms with E-state index in [0.717, 1.165) is 22.1 Å². The third kappa shape index (κ3) is 4.23. The maximum atomic E-state index is 12.0. The van der Waals surface area contributed by atoms with Gasteiger partial charge in [-0.25, -0.2) is 19.7 Å². The van der Waals surface area contributed by atoms with Gasteiger partial charge in [0.1, 0.15) is 11.6 Å². The van der Waals surface area contributed by atoms with Crippen molar-refractivity contribution >= 4 is 22.6 Å². The zero-order chi connectivity index (χ0) is 18.7. The summed E-state index contributed by atoms with van der Waals surface area (Å²) in [5.41, 5.74) is 1.45. The highest BCUT2D eigenvalue weighted by Crippen LogP contribution is 2.32. The smallest absolute Gasteiger partial charge is 0.410 e. The minimum absolute atomic E-state index is 0.144. The molecule has 0 spiro atoms. The first-order chi connectivity index (χ1) is 12.3. The number of aryl methyl sites for hydroxylation is 1. The van der Waals surface area contributed by atoms with Gasteiger partial charge in [0.2, 0.25) is 0 Å². The van der Waals surface area contributed by atoms with Crippen molar-refractivity contribution in [1.82, 2.24) is 15.0 Å². The lowest BCUT2D eigenvalue weighted by molar-refractivity contribution is 0.215. The summed E-state index contributed by atoms with van der Waals surface area (Å²) in [6.45, 7) is 8.09. The van der Waals surface area contributed by atoms with Gasteiger partial charge in [0.25, 0.3) is 0 Å². The zero-order valence-corrected chi connectivity index (χ0v) is 15.9. The molecule has 0 saturated heterocycles. The first-order valence-corrected chi connectivity index (χ1v) is 9.00. The maximum Gasteiger partial charge on any atom is 0.418 e. The molecule has 0 unspecified atom stereocenters. The van der Waals surface area contributed by atoms with E-state index in [1.54, 1.807) is 30.5 Å². The van der Waals surface area contributed by atoms with Crippen molar-refractivity contribution in [2.75, 3.05) is 5.32 Å².